The number of benzene rings is 2. The summed E-state index contributed by atoms with van der Waals surface area (Å²) in [4.78, 5) is 16.8. The number of rotatable bonds is 6. The smallest absolute Gasteiger partial charge is 0.228 e. The molecule has 6 heteroatoms. The van der Waals surface area contributed by atoms with Crippen molar-refractivity contribution >= 4 is 33.2 Å². The van der Waals surface area contributed by atoms with Crippen molar-refractivity contribution in [1.29, 1.82) is 0 Å². The maximum atomic E-state index is 12.3. The lowest BCUT2D eigenvalue weighted by atomic mass is 10.1. The third kappa shape index (κ3) is 4.58. The van der Waals surface area contributed by atoms with Crippen LogP contribution >= 0.6 is 15.9 Å². The summed E-state index contributed by atoms with van der Waals surface area (Å²) < 4.78 is 8.79. The summed E-state index contributed by atoms with van der Waals surface area (Å²) >= 11 is 3.39. The third-order valence-electron chi connectivity index (χ3n) is 4.20. The second-order valence-electron chi connectivity index (χ2n) is 6.37. The lowest BCUT2D eigenvalue weighted by Crippen LogP contribution is -2.14. The number of nitrogens with one attached hydrogen (secondary N) is 1. The molecule has 4 aromatic rings. The Morgan fingerprint density at radius 1 is 1.07 bits per heavy atom. The van der Waals surface area contributed by atoms with Gasteiger partial charge in [0.05, 0.1) is 12.1 Å². The summed E-state index contributed by atoms with van der Waals surface area (Å²) in [5.41, 5.74) is 3.39. The van der Waals surface area contributed by atoms with E-state index < -0.39 is 0 Å². The Bertz CT molecular complexity index is 1070. The van der Waals surface area contributed by atoms with Gasteiger partial charge in [-0.2, -0.15) is 0 Å². The molecule has 5 nitrogen and oxygen atoms in total. The maximum Gasteiger partial charge on any atom is 0.228 e. The van der Waals surface area contributed by atoms with Crippen LogP contribution in [0.15, 0.2) is 83.6 Å². The van der Waals surface area contributed by atoms with Gasteiger partial charge < -0.3 is 14.5 Å². The van der Waals surface area contributed by atoms with Crippen molar-refractivity contribution in [3.05, 3.63) is 94.9 Å². The van der Waals surface area contributed by atoms with E-state index in [0.717, 1.165) is 21.4 Å². The van der Waals surface area contributed by atoms with Crippen LogP contribution in [0.1, 0.15) is 11.3 Å². The fourth-order valence-electron chi connectivity index (χ4n) is 2.87. The van der Waals surface area contributed by atoms with Crippen LogP contribution in [-0.4, -0.2) is 15.3 Å². The monoisotopic (exact) mass is 435 g/mol. The van der Waals surface area contributed by atoms with Gasteiger partial charge in [-0.15, -0.1) is 0 Å². The molecular weight excluding hydrogens is 418 g/mol. The molecule has 140 valence electrons. The fraction of sp³-hybridized carbons (Fsp3) is 0.0909. The molecule has 0 unspecified atom stereocenters. The predicted molar refractivity (Wildman–Crippen MR) is 112 cm³/mol. The van der Waals surface area contributed by atoms with Crippen LogP contribution in [0, 0.1) is 0 Å². The first-order chi connectivity index (χ1) is 13.7. The van der Waals surface area contributed by atoms with Crippen molar-refractivity contribution in [2.45, 2.75) is 13.0 Å². The van der Waals surface area contributed by atoms with Gasteiger partial charge in [0.2, 0.25) is 5.91 Å². The van der Waals surface area contributed by atoms with Crippen molar-refractivity contribution in [2.75, 3.05) is 5.32 Å². The highest BCUT2D eigenvalue weighted by molar-refractivity contribution is 9.10. The molecule has 0 aliphatic carbocycles. The number of aromatic nitrogens is 2. The number of imidazole rings is 1. The zero-order valence-corrected chi connectivity index (χ0v) is 16.6. The molecule has 0 fully saturated rings. The highest BCUT2D eigenvalue weighted by Crippen LogP contribution is 2.19. The van der Waals surface area contributed by atoms with E-state index in [1.165, 1.54) is 0 Å². The average Bonchev–Trinajstić information content (AvgIpc) is 3.11. The summed E-state index contributed by atoms with van der Waals surface area (Å²) in [5.74, 6) is 0.610. The van der Waals surface area contributed by atoms with Gasteiger partial charge in [-0.25, -0.2) is 4.98 Å². The molecule has 1 N–H and O–H groups in total. The van der Waals surface area contributed by atoms with Gasteiger partial charge >= 0.3 is 0 Å². The first kappa shape index (κ1) is 18.3. The Morgan fingerprint density at radius 3 is 2.75 bits per heavy atom. The summed E-state index contributed by atoms with van der Waals surface area (Å²) in [6.45, 7) is 0.359. The van der Waals surface area contributed by atoms with E-state index in [1.807, 2.05) is 83.5 Å². The van der Waals surface area contributed by atoms with E-state index >= 15 is 0 Å². The van der Waals surface area contributed by atoms with Gasteiger partial charge in [-0.1, -0.05) is 40.2 Å². The van der Waals surface area contributed by atoms with Gasteiger partial charge in [0.15, 0.2) is 0 Å². The third-order valence-corrected chi connectivity index (χ3v) is 4.72. The van der Waals surface area contributed by atoms with E-state index in [-0.39, 0.29) is 5.91 Å². The first-order valence-electron chi connectivity index (χ1n) is 8.85. The second-order valence-corrected chi connectivity index (χ2v) is 7.28. The lowest BCUT2D eigenvalue weighted by Gasteiger charge is -2.09. The molecular formula is C22H18BrN3O2. The summed E-state index contributed by atoms with van der Waals surface area (Å²) in [6, 6.07) is 20.9. The quantitative estimate of drug-likeness (QED) is 0.470. The Morgan fingerprint density at radius 2 is 1.93 bits per heavy atom. The zero-order chi connectivity index (χ0) is 19.3. The molecule has 1 amide bonds. The van der Waals surface area contributed by atoms with Crippen molar-refractivity contribution in [3.8, 4) is 5.75 Å². The summed E-state index contributed by atoms with van der Waals surface area (Å²) in [5, 5.41) is 2.91. The number of ether oxygens (including phenoxy) is 1. The standard InChI is InChI=1S/C22H18BrN3O2/c23-17-9-7-16(8-10-17)12-22(27)25-18-4-3-5-20(13-18)28-15-19-14-26-11-2-1-6-21(26)24-19/h1-11,13-14H,12,15H2,(H,25,27). The summed E-state index contributed by atoms with van der Waals surface area (Å²) in [6.07, 6.45) is 4.21. The van der Waals surface area contributed by atoms with Crippen LogP contribution in [0.4, 0.5) is 5.69 Å². The number of halogens is 1. The van der Waals surface area contributed by atoms with Crippen LogP contribution in [-0.2, 0) is 17.8 Å². The van der Waals surface area contributed by atoms with Crippen molar-refractivity contribution in [3.63, 3.8) is 0 Å². The van der Waals surface area contributed by atoms with E-state index in [9.17, 15) is 4.79 Å². The maximum absolute atomic E-state index is 12.3. The molecule has 0 aliphatic rings. The average molecular weight is 436 g/mol. The van der Waals surface area contributed by atoms with E-state index in [2.05, 4.69) is 26.2 Å². The largest absolute Gasteiger partial charge is 0.487 e. The number of amides is 1. The fourth-order valence-corrected chi connectivity index (χ4v) is 3.13. The SMILES string of the molecule is O=C(Cc1ccc(Br)cc1)Nc1cccc(OCc2cn3ccccc3n2)c1. The number of carbonyl (C=O) groups is 1. The molecule has 0 bridgehead atoms. The number of hydrogen-bond acceptors (Lipinski definition) is 3. The zero-order valence-electron chi connectivity index (χ0n) is 15.0. The van der Waals surface area contributed by atoms with Crippen LogP contribution in [0.2, 0.25) is 0 Å². The topological polar surface area (TPSA) is 55.6 Å². The minimum atomic E-state index is -0.0696. The van der Waals surface area contributed by atoms with Crippen LogP contribution in [0.3, 0.4) is 0 Å². The Hall–Kier alpha value is -3.12. The molecule has 0 atom stereocenters. The van der Waals surface area contributed by atoms with Gasteiger partial charge in [0.1, 0.15) is 18.0 Å². The molecule has 4 rings (SSSR count). The van der Waals surface area contributed by atoms with E-state index in [1.54, 1.807) is 0 Å². The minimum Gasteiger partial charge on any atom is -0.487 e. The number of hydrogen-bond donors (Lipinski definition) is 1. The Labute approximate surface area is 171 Å². The molecule has 0 spiro atoms. The molecule has 0 saturated heterocycles. The number of anilines is 1. The van der Waals surface area contributed by atoms with E-state index in [4.69, 9.17) is 4.74 Å². The van der Waals surface area contributed by atoms with Gasteiger partial charge in [-0.3, -0.25) is 4.79 Å². The van der Waals surface area contributed by atoms with Gasteiger partial charge in [-0.05, 0) is 42.0 Å². The molecule has 2 aromatic carbocycles. The normalized spacial score (nSPS) is 10.8. The highest BCUT2D eigenvalue weighted by atomic mass is 79.9. The second kappa shape index (κ2) is 8.27. The Kier molecular flexibility index (Phi) is 5.39. The van der Waals surface area contributed by atoms with E-state index in [0.29, 0.717) is 24.5 Å². The van der Waals surface area contributed by atoms with Crippen molar-refractivity contribution in [1.82, 2.24) is 9.38 Å². The molecule has 2 aromatic heterocycles. The van der Waals surface area contributed by atoms with Gasteiger partial charge in [0, 0.05) is 28.6 Å². The van der Waals surface area contributed by atoms with Crippen LogP contribution in [0.5, 0.6) is 5.75 Å². The van der Waals surface area contributed by atoms with Crippen molar-refractivity contribution in [2.24, 2.45) is 0 Å². The predicted octanol–water partition coefficient (Wildman–Crippen LogP) is 4.86. The Balaban J connectivity index is 1.36. The number of carbonyl (C=O) groups excluding carboxylic acids is 1. The number of pyridine rings is 1. The molecule has 0 radical (unpaired) electrons. The summed E-state index contributed by atoms with van der Waals surface area (Å²) in [7, 11) is 0. The number of fused-ring (bicyclic) bond motifs is 1. The minimum absolute atomic E-state index is 0.0696. The molecule has 2 heterocycles. The van der Waals surface area contributed by atoms with Crippen molar-refractivity contribution < 1.29 is 9.53 Å². The number of nitrogens with zero attached hydrogens (tertiary/aromatic N) is 2. The van der Waals surface area contributed by atoms with Crippen LogP contribution < -0.4 is 10.1 Å². The first-order valence-corrected chi connectivity index (χ1v) is 9.65. The molecule has 0 aliphatic heterocycles. The van der Waals surface area contributed by atoms with Crippen LogP contribution in [0.25, 0.3) is 5.65 Å². The molecule has 28 heavy (non-hydrogen) atoms. The van der Waals surface area contributed by atoms with Gasteiger partial charge in [0.25, 0.3) is 0 Å². The molecule has 0 saturated carbocycles. The highest BCUT2D eigenvalue weighted by Gasteiger charge is 2.06. The lowest BCUT2D eigenvalue weighted by molar-refractivity contribution is -0.115.